The predicted octanol–water partition coefficient (Wildman–Crippen LogP) is 0.493. The number of carboxylic acid groups (broad SMARTS) is 1. The Hall–Kier alpha value is -2.21. The Balaban J connectivity index is 2.02. The Morgan fingerprint density at radius 1 is 1.39 bits per heavy atom. The summed E-state index contributed by atoms with van der Waals surface area (Å²) < 4.78 is 0. The zero-order valence-corrected chi connectivity index (χ0v) is 9.50. The zero-order chi connectivity index (χ0) is 12.5. The molecule has 0 bridgehead atoms. The summed E-state index contributed by atoms with van der Waals surface area (Å²) in [5.41, 5.74) is 2.70. The van der Waals surface area contributed by atoms with Crippen LogP contribution in [0.25, 0.3) is 0 Å². The van der Waals surface area contributed by atoms with Gasteiger partial charge in [-0.15, -0.1) is 0 Å². The van der Waals surface area contributed by atoms with Gasteiger partial charge in [0.15, 0.2) is 0 Å². The molecule has 92 valence electrons. The molecule has 0 aromatic carbocycles. The second kappa shape index (κ2) is 4.23. The van der Waals surface area contributed by atoms with Crippen molar-refractivity contribution >= 4 is 5.97 Å². The standard InChI is InChI=1S/C12H12N4O2/c17-12(18)9-5-8-11(15-6-14-8)10(16-9)7-1-3-13-4-2-7/h1-4,6,9-10,16H,5H2,(H,14,15)(H,17,18). The summed E-state index contributed by atoms with van der Waals surface area (Å²) in [4.78, 5) is 22.4. The summed E-state index contributed by atoms with van der Waals surface area (Å²) in [6.07, 6.45) is 5.40. The summed E-state index contributed by atoms with van der Waals surface area (Å²) in [6.45, 7) is 0. The average molecular weight is 244 g/mol. The molecule has 6 heteroatoms. The topological polar surface area (TPSA) is 90.9 Å². The van der Waals surface area contributed by atoms with Crippen molar-refractivity contribution in [3.8, 4) is 0 Å². The second-order valence-electron chi connectivity index (χ2n) is 4.24. The fraction of sp³-hybridized carbons (Fsp3) is 0.250. The number of nitrogens with zero attached hydrogens (tertiary/aromatic N) is 2. The van der Waals surface area contributed by atoms with E-state index in [1.165, 1.54) is 0 Å². The molecule has 18 heavy (non-hydrogen) atoms. The molecule has 0 amide bonds. The number of carbonyl (C=O) groups is 1. The van der Waals surface area contributed by atoms with Crippen molar-refractivity contribution in [2.75, 3.05) is 0 Å². The molecule has 0 saturated carbocycles. The molecule has 2 aromatic heterocycles. The summed E-state index contributed by atoms with van der Waals surface area (Å²) >= 11 is 0. The van der Waals surface area contributed by atoms with E-state index in [-0.39, 0.29) is 6.04 Å². The van der Waals surface area contributed by atoms with Crippen molar-refractivity contribution in [3.63, 3.8) is 0 Å². The first-order valence-corrected chi connectivity index (χ1v) is 5.66. The number of aromatic amines is 1. The first kappa shape index (κ1) is 10.9. The van der Waals surface area contributed by atoms with Crippen LogP contribution in [0.15, 0.2) is 30.9 Å². The van der Waals surface area contributed by atoms with Crippen molar-refractivity contribution < 1.29 is 9.90 Å². The quantitative estimate of drug-likeness (QED) is 0.715. The van der Waals surface area contributed by atoms with Gasteiger partial charge in [-0.3, -0.25) is 15.1 Å². The Bertz CT molecular complexity index is 566. The Labute approximate surface area is 103 Å². The molecule has 2 unspecified atom stereocenters. The number of nitrogens with one attached hydrogen (secondary N) is 2. The zero-order valence-electron chi connectivity index (χ0n) is 9.50. The molecule has 6 nitrogen and oxygen atoms in total. The van der Waals surface area contributed by atoms with Gasteiger partial charge in [0.25, 0.3) is 0 Å². The van der Waals surface area contributed by atoms with Crippen LogP contribution >= 0.6 is 0 Å². The first-order valence-electron chi connectivity index (χ1n) is 5.66. The van der Waals surface area contributed by atoms with Gasteiger partial charge in [0.1, 0.15) is 6.04 Å². The average Bonchev–Trinajstić information content (AvgIpc) is 2.86. The third-order valence-electron chi connectivity index (χ3n) is 3.14. The molecule has 2 aromatic rings. The number of aromatic nitrogens is 3. The SMILES string of the molecule is O=C(O)C1Cc2[nH]cnc2C(c2ccncc2)N1. The normalized spacial score (nSPS) is 22.4. The molecule has 3 rings (SSSR count). The lowest BCUT2D eigenvalue weighted by molar-refractivity contribution is -0.139. The highest BCUT2D eigenvalue weighted by Gasteiger charge is 2.32. The van der Waals surface area contributed by atoms with Crippen LogP contribution in [-0.2, 0) is 11.2 Å². The highest BCUT2D eigenvalue weighted by molar-refractivity contribution is 5.74. The van der Waals surface area contributed by atoms with Crippen molar-refractivity contribution in [1.82, 2.24) is 20.3 Å². The van der Waals surface area contributed by atoms with E-state index in [4.69, 9.17) is 5.11 Å². The number of rotatable bonds is 2. The van der Waals surface area contributed by atoms with Crippen molar-refractivity contribution in [1.29, 1.82) is 0 Å². The minimum atomic E-state index is -0.852. The number of H-pyrrole nitrogens is 1. The van der Waals surface area contributed by atoms with Crippen LogP contribution in [-0.4, -0.2) is 32.1 Å². The summed E-state index contributed by atoms with van der Waals surface area (Å²) in [6, 6.07) is 2.92. The second-order valence-corrected chi connectivity index (χ2v) is 4.24. The van der Waals surface area contributed by atoms with E-state index in [0.717, 1.165) is 17.0 Å². The number of fused-ring (bicyclic) bond motifs is 1. The van der Waals surface area contributed by atoms with Gasteiger partial charge in [-0.25, -0.2) is 4.98 Å². The van der Waals surface area contributed by atoms with Gasteiger partial charge < -0.3 is 10.1 Å². The van der Waals surface area contributed by atoms with Crippen molar-refractivity contribution in [2.24, 2.45) is 0 Å². The van der Waals surface area contributed by atoms with Gasteiger partial charge >= 0.3 is 5.97 Å². The fourth-order valence-electron chi connectivity index (χ4n) is 2.26. The fourth-order valence-corrected chi connectivity index (χ4v) is 2.26. The third kappa shape index (κ3) is 1.76. The molecule has 3 N–H and O–H groups in total. The minimum absolute atomic E-state index is 0.205. The van der Waals surface area contributed by atoms with Gasteiger partial charge in [0.2, 0.25) is 0 Å². The molecule has 0 radical (unpaired) electrons. The number of hydrogen-bond donors (Lipinski definition) is 3. The molecule has 0 spiro atoms. The lowest BCUT2D eigenvalue weighted by Gasteiger charge is -2.28. The van der Waals surface area contributed by atoms with Gasteiger partial charge in [-0.1, -0.05) is 0 Å². The molecule has 2 atom stereocenters. The van der Waals surface area contributed by atoms with Crippen molar-refractivity contribution in [2.45, 2.75) is 18.5 Å². The Morgan fingerprint density at radius 2 is 2.17 bits per heavy atom. The number of imidazole rings is 1. The lowest BCUT2D eigenvalue weighted by Crippen LogP contribution is -2.45. The highest BCUT2D eigenvalue weighted by atomic mass is 16.4. The molecule has 1 aliphatic heterocycles. The maximum absolute atomic E-state index is 11.2. The van der Waals surface area contributed by atoms with Crippen LogP contribution in [0.5, 0.6) is 0 Å². The third-order valence-corrected chi connectivity index (χ3v) is 3.14. The van der Waals surface area contributed by atoms with E-state index >= 15 is 0 Å². The van der Waals surface area contributed by atoms with E-state index in [0.29, 0.717) is 6.42 Å². The smallest absolute Gasteiger partial charge is 0.321 e. The van der Waals surface area contributed by atoms with Crippen LogP contribution in [0.1, 0.15) is 23.0 Å². The molecule has 0 saturated heterocycles. The maximum atomic E-state index is 11.2. The van der Waals surface area contributed by atoms with Gasteiger partial charge in [-0.05, 0) is 17.7 Å². The Morgan fingerprint density at radius 3 is 2.89 bits per heavy atom. The predicted molar refractivity (Wildman–Crippen MR) is 62.9 cm³/mol. The summed E-state index contributed by atoms with van der Waals surface area (Å²) in [5.74, 6) is -0.852. The number of hydrogen-bond acceptors (Lipinski definition) is 4. The van der Waals surface area contributed by atoms with Crippen LogP contribution in [0.3, 0.4) is 0 Å². The molecule has 0 aliphatic carbocycles. The van der Waals surface area contributed by atoms with E-state index in [1.807, 2.05) is 12.1 Å². The van der Waals surface area contributed by atoms with Crippen LogP contribution < -0.4 is 5.32 Å². The van der Waals surface area contributed by atoms with Crippen LogP contribution in [0.2, 0.25) is 0 Å². The molecule has 3 heterocycles. The summed E-state index contributed by atoms with van der Waals surface area (Å²) in [7, 11) is 0. The van der Waals surface area contributed by atoms with E-state index < -0.39 is 12.0 Å². The number of aliphatic carboxylic acids is 1. The van der Waals surface area contributed by atoms with Gasteiger partial charge in [0.05, 0.1) is 18.1 Å². The maximum Gasteiger partial charge on any atom is 0.321 e. The summed E-state index contributed by atoms with van der Waals surface area (Å²) in [5, 5.41) is 12.3. The molecule has 0 fully saturated rings. The first-order chi connectivity index (χ1) is 8.75. The monoisotopic (exact) mass is 244 g/mol. The lowest BCUT2D eigenvalue weighted by atomic mass is 9.94. The largest absolute Gasteiger partial charge is 0.480 e. The van der Waals surface area contributed by atoms with Crippen LogP contribution in [0, 0.1) is 0 Å². The number of pyridine rings is 1. The van der Waals surface area contributed by atoms with E-state index in [9.17, 15) is 4.79 Å². The van der Waals surface area contributed by atoms with Crippen LogP contribution in [0.4, 0.5) is 0 Å². The molecular formula is C12H12N4O2. The Kier molecular flexibility index (Phi) is 2.56. The molecular weight excluding hydrogens is 232 g/mol. The molecule has 1 aliphatic rings. The minimum Gasteiger partial charge on any atom is -0.480 e. The van der Waals surface area contributed by atoms with Gasteiger partial charge in [0, 0.05) is 24.5 Å². The van der Waals surface area contributed by atoms with E-state index in [1.54, 1.807) is 18.7 Å². The highest BCUT2D eigenvalue weighted by Crippen LogP contribution is 2.27. The van der Waals surface area contributed by atoms with Crippen molar-refractivity contribution in [3.05, 3.63) is 47.8 Å². The van der Waals surface area contributed by atoms with E-state index in [2.05, 4.69) is 20.3 Å². The number of carboxylic acids is 1. The van der Waals surface area contributed by atoms with Gasteiger partial charge in [-0.2, -0.15) is 0 Å².